The maximum atomic E-state index is 14.4. The monoisotopic (exact) mass is 429 g/mol. The molecule has 0 atom stereocenters. The highest BCUT2D eigenvalue weighted by molar-refractivity contribution is 6.08. The second kappa shape index (κ2) is 10.1. The molecule has 4 rings (SSSR count). The van der Waals surface area contributed by atoms with E-state index >= 15 is 0 Å². The number of pyridine rings is 1. The Kier molecular flexibility index (Phi) is 7.30. The van der Waals surface area contributed by atoms with E-state index in [1.165, 1.54) is 17.2 Å². The van der Waals surface area contributed by atoms with Crippen LogP contribution in [0.2, 0.25) is 0 Å². The van der Waals surface area contributed by atoms with Gasteiger partial charge in [0.25, 0.3) is 5.91 Å². The average Bonchev–Trinajstić information content (AvgIpc) is 3.20. The first-order valence-electron chi connectivity index (χ1n) is 10.0. The molecule has 0 radical (unpaired) electrons. The number of rotatable bonds is 6. The SMILES string of the molecule is CCCNc1cc(N2CCc3c(cnn3Cc3ccccc3F)C2=O)c(F)cn1.CO. The Balaban J connectivity index is 0.00000132. The number of fused-ring (bicyclic) bond motifs is 1. The lowest BCUT2D eigenvalue weighted by Crippen LogP contribution is -2.38. The van der Waals surface area contributed by atoms with Crippen LogP contribution >= 0.6 is 0 Å². The smallest absolute Gasteiger partial charge is 0.261 e. The van der Waals surface area contributed by atoms with Gasteiger partial charge in [-0.15, -0.1) is 0 Å². The third-order valence-corrected chi connectivity index (χ3v) is 4.96. The number of anilines is 2. The summed E-state index contributed by atoms with van der Waals surface area (Å²) in [6.07, 6.45) is 3.99. The fourth-order valence-electron chi connectivity index (χ4n) is 3.46. The van der Waals surface area contributed by atoms with Crippen molar-refractivity contribution in [2.24, 2.45) is 0 Å². The quantitative estimate of drug-likeness (QED) is 0.629. The summed E-state index contributed by atoms with van der Waals surface area (Å²) >= 11 is 0. The van der Waals surface area contributed by atoms with Gasteiger partial charge in [0.1, 0.15) is 11.6 Å². The summed E-state index contributed by atoms with van der Waals surface area (Å²) in [5, 5.41) is 14.4. The lowest BCUT2D eigenvalue weighted by Gasteiger charge is -2.28. The van der Waals surface area contributed by atoms with Crippen molar-refractivity contribution in [1.82, 2.24) is 14.8 Å². The number of aliphatic hydroxyl groups is 1. The van der Waals surface area contributed by atoms with Crippen LogP contribution < -0.4 is 10.2 Å². The van der Waals surface area contributed by atoms with Gasteiger partial charge in [-0.1, -0.05) is 25.1 Å². The molecule has 164 valence electrons. The molecule has 3 aromatic rings. The third-order valence-electron chi connectivity index (χ3n) is 4.96. The van der Waals surface area contributed by atoms with Crippen LogP contribution in [0.25, 0.3) is 0 Å². The van der Waals surface area contributed by atoms with Crippen LogP contribution in [0.3, 0.4) is 0 Å². The van der Waals surface area contributed by atoms with Gasteiger partial charge in [0.2, 0.25) is 0 Å². The van der Waals surface area contributed by atoms with Crippen molar-refractivity contribution in [3.8, 4) is 0 Å². The number of aromatic nitrogens is 3. The minimum atomic E-state index is -0.553. The molecule has 2 aromatic heterocycles. The first kappa shape index (κ1) is 22.4. The van der Waals surface area contributed by atoms with Crippen molar-refractivity contribution in [3.63, 3.8) is 0 Å². The summed E-state index contributed by atoms with van der Waals surface area (Å²) in [5.74, 6) is -0.663. The number of halogens is 2. The summed E-state index contributed by atoms with van der Waals surface area (Å²) in [4.78, 5) is 18.5. The van der Waals surface area contributed by atoms with E-state index in [0.717, 1.165) is 25.4 Å². The maximum Gasteiger partial charge on any atom is 0.261 e. The maximum absolute atomic E-state index is 14.4. The van der Waals surface area contributed by atoms with E-state index in [4.69, 9.17) is 5.11 Å². The van der Waals surface area contributed by atoms with Gasteiger partial charge < -0.3 is 15.3 Å². The number of benzene rings is 1. The van der Waals surface area contributed by atoms with Crippen LogP contribution in [0.4, 0.5) is 20.3 Å². The Morgan fingerprint density at radius 2 is 1.94 bits per heavy atom. The zero-order valence-electron chi connectivity index (χ0n) is 17.5. The fraction of sp³-hybridized carbons (Fsp3) is 0.318. The van der Waals surface area contributed by atoms with E-state index in [9.17, 15) is 13.6 Å². The number of aliphatic hydroxyl groups excluding tert-OH is 1. The minimum absolute atomic E-state index is 0.191. The van der Waals surface area contributed by atoms with E-state index in [1.807, 2.05) is 6.92 Å². The van der Waals surface area contributed by atoms with Crippen LogP contribution in [0.5, 0.6) is 0 Å². The van der Waals surface area contributed by atoms with Gasteiger partial charge in [0.15, 0.2) is 5.82 Å². The molecule has 1 aromatic carbocycles. The number of hydrogen-bond acceptors (Lipinski definition) is 5. The van der Waals surface area contributed by atoms with Gasteiger partial charge in [-0.3, -0.25) is 9.48 Å². The Morgan fingerprint density at radius 1 is 1.16 bits per heavy atom. The lowest BCUT2D eigenvalue weighted by atomic mass is 10.1. The molecular formula is C22H25F2N5O2. The minimum Gasteiger partial charge on any atom is -0.400 e. The molecule has 0 fully saturated rings. The van der Waals surface area contributed by atoms with Gasteiger partial charge in [0.05, 0.1) is 35.9 Å². The summed E-state index contributed by atoms with van der Waals surface area (Å²) < 4.78 is 30.0. The van der Waals surface area contributed by atoms with Crippen LogP contribution in [0, 0.1) is 11.6 Å². The van der Waals surface area contributed by atoms with Crippen molar-refractivity contribution in [1.29, 1.82) is 0 Å². The molecule has 1 aliphatic heterocycles. The Bertz CT molecular complexity index is 1050. The number of carbonyl (C=O) groups excluding carboxylic acids is 1. The molecule has 0 aliphatic carbocycles. The van der Waals surface area contributed by atoms with E-state index in [1.54, 1.807) is 28.9 Å². The van der Waals surface area contributed by atoms with Crippen molar-refractivity contribution in [2.75, 3.05) is 30.4 Å². The number of carbonyl (C=O) groups is 1. The van der Waals surface area contributed by atoms with Gasteiger partial charge in [-0.05, 0) is 12.5 Å². The molecule has 0 saturated heterocycles. The largest absolute Gasteiger partial charge is 0.400 e. The first-order chi connectivity index (χ1) is 15.1. The van der Waals surface area contributed by atoms with E-state index < -0.39 is 5.82 Å². The highest BCUT2D eigenvalue weighted by atomic mass is 19.1. The molecule has 9 heteroatoms. The van der Waals surface area contributed by atoms with Gasteiger partial charge >= 0.3 is 0 Å². The molecule has 0 saturated carbocycles. The second-order valence-corrected chi connectivity index (χ2v) is 6.91. The Labute approximate surface area is 179 Å². The molecule has 0 unspecified atom stereocenters. The summed E-state index contributed by atoms with van der Waals surface area (Å²) in [5.41, 5.74) is 1.83. The van der Waals surface area contributed by atoms with Crippen LogP contribution in [-0.4, -0.2) is 46.0 Å². The first-order valence-corrected chi connectivity index (χ1v) is 10.0. The summed E-state index contributed by atoms with van der Waals surface area (Å²) in [6, 6.07) is 8.03. The number of nitrogens with zero attached hydrogens (tertiary/aromatic N) is 4. The molecule has 0 spiro atoms. The standard InChI is InChI=1S/C21H21F2N5O.CH4O/c1-2-8-24-20-10-19(17(23)12-25-20)27-9-7-18-15(21(27)29)11-26-28(18)13-14-5-3-4-6-16(14)22;1-2/h3-6,10-12H,2,7-9,13H2,1H3,(H,24,25);2H,1H3. The molecule has 31 heavy (non-hydrogen) atoms. The van der Waals surface area contributed by atoms with Gasteiger partial charge in [-0.25, -0.2) is 13.8 Å². The van der Waals surface area contributed by atoms with Crippen LogP contribution in [0.1, 0.15) is 35.0 Å². The zero-order chi connectivity index (χ0) is 22.4. The van der Waals surface area contributed by atoms with Crippen LogP contribution in [0.15, 0.2) is 42.7 Å². The third kappa shape index (κ3) is 4.72. The number of amides is 1. The molecule has 1 amide bonds. The average molecular weight is 429 g/mol. The topological polar surface area (TPSA) is 83.3 Å². The predicted molar refractivity (Wildman–Crippen MR) is 114 cm³/mol. The highest BCUT2D eigenvalue weighted by Gasteiger charge is 2.30. The Hall–Kier alpha value is -3.33. The summed E-state index contributed by atoms with van der Waals surface area (Å²) in [7, 11) is 1.00. The number of nitrogens with one attached hydrogen (secondary N) is 1. The molecule has 3 heterocycles. The Morgan fingerprint density at radius 3 is 2.68 bits per heavy atom. The van der Waals surface area contributed by atoms with Gasteiger partial charge in [0, 0.05) is 38.2 Å². The van der Waals surface area contributed by atoms with Crippen molar-refractivity contribution < 1.29 is 18.7 Å². The molecule has 2 N–H and O–H groups in total. The molecule has 1 aliphatic rings. The number of hydrogen-bond donors (Lipinski definition) is 2. The fourth-order valence-corrected chi connectivity index (χ4v) is 3.46. The molecule has 7 nitrogen and oxygen atoms in total. The zero-order valence-corrected chi connectivity index (χ0v) is 17.5. The van der Waals surface area contributed by atoms with Gasteiger partial charge in [-0.2, -0.15) is 5.10 Å². The van der Waals surface area contributed by atoms with Crippen molar-refractivity contribution >= 4 is 17.4 Å². The van der Waals surface area contributed by atoms with E-state index in [-0.39, 0.29) is 24.0 Å². The molecule has 0 bridgehead atoms. The predicted octanol–water partition coefficient (Wildman–Crippen LogP) is 3.24. The van der Waals surface area contributed by atoms with Crippen molar-refractivity contribution in [2.45, 2.75) is 26.3 Å². The summed E-state index contributed by atoms with van der Waals surface area (Å²) in [6.45, 7) is 3.28. The second-order valence-electron chi connectivity index (χ2n) is 6.91. The lowest BCUT2D eigenvalue weighted by molar-refractivity contribution is 0.0979. The van der Waals surface area contributed by atoms with E-state index in [0.29, 0.717) is 36.5 Å². The van der Waals surface area contributed by atoms with Crippen molar-refractivity contribution in [3.05, 3.63) is 71.2 Å². The van der Waals surface area contributed by atoms with Crippen LogP contribution in [-0.2, 0) is 13.0 Å². The van der Waals surface area contributed by atoms with E-state index in [2.05, 4.69) is 15.4 Å². The molecular weight excluding hydrogens is 404 g/mol. The highest BCUT2D eigenvalue weighted by Crippen LogP contribution is 2.28. The normalized spacial score (nSPS) is 12.8.